The minimum Gasteiger partial charge on any atom is -0.475 e. The molecule has 0 aromatic carbocycles. The molecule has 22 heavy (non-hydrogen) atoms. The Labute approximate surface area is 131 Å². The zero-order chi connectivity index (χ0) is 15.6. The summed E-state index contributed by atoms with van der Waals surface area (Å²) in [6.07, 6.45) is 4.77. The molecule has 3 heterocycles. The van der Waals surface area contributed by atoms with Gasteiger partial charge in [0.1, 0.15) is 0 Å². The number of carbonyl (C=O) groups excluding carboxylic acids is 1. The number of amides is 1. The second-order valence-electron chi connectivity index (χ2n) is 6.50. The Bertz CT molecular complexity index is 540. The van der Waals surface area contributed by atoms with Crippen molar-refractivity contribution in [2.45, 2.75) is 39.2 Å². The van der Waals surface area contributed by atoms with Crippen molar-refractivity contribution in [3.63, 3.8) is 0 Å². The Morgan fingerprint density at radius 1 is 1.55 bits per heavy atom. The molecule has 1 spiro atoms. The van der Waals surface area contributed by atoms with Crippen LogP contribution in [-0.2, 0) is 4.74 Å². The summed E-state index contributed by atoms with van der Waals surface area (Å²) in [4.78, 5) is 18.8. The van der Waals surface area contributed by atoms with Gasteiger partial charge in [-0.05, 0) is 32.3 Å². The minimum atomic E-state index is 0.0696. The van der Waals surface area contributed by atoms with E-state index in [9.17, 15) is 4.79 Å². The standard InChI is InChI=1S/C17H24N2O3/c1-3-13(2)22-15-10-14(4-7-18-15)16(20)19-8-5-17(11-19)6-9-21-12-17/h4,7,10,13H,3,5-6,8-9,11-12H2,1-2H3/t13-,17+/m1/s1. The van der Waals surface area contributed by atoms with Crippen molar-refractivity contribution in [2.75, 3.05) is 26.3 Å². The lowest BCUT2D eigenvalue weighted by Crippen LogP contribution is -2.32. The Kier molecular flexibility index (Phi) is 4.34. The lowest BCUT2D eigenvalue weighted by molar-refractivity contribution is 0.0764. The normalized spacial score (nSPS) is 25.6. The van der Waals surface area contributed by atoms with Crippen molar-refractivity contribution in [3.8, 4) is 5.88 Å². The van der Waals surface area contributed by atoms with Gasteiger partial charge < -0.3 is 14.4 Å². The van der Waals surface area contributed by atoms with E-state index in [1.165, 1.54) is 0 Å². The van der Waals surface area contributed by atoms with Crippen LogP contribution in [0.3, 0.4) is 0 Å². The first-order valence-corrected chi connectivity index (χ1v) is 8.12. The smallest absolute Gasteiger partial charge is 0.254 e. The zero-order valence-corrected chi connectivity index (χ0v) is 13.4. The molecular formula is C17H24N2O3. The van der Waals surface area contributed by atoms with Crippen molar-refractivity contribution < 1.29 is 14.3 Å². The molecule has 5 heteroatoms. The van der Waals surface area contributed by atoms with Crippen LogP contribution in [0.5, 0.6) is 5.88 Å². The van der Waals surface area contributed by atoms with Crippen LogP contribution in [0, 0.1) is 5.41 Å². The number of hydrogen-bond donors (Lipinski definition) is 0. The summed E-state index contributed by atoms with van der Waals surface area (Å²) in [5.74, 6) is 0.596. The molecule has 2 aliphatic heterocycles. The number of pyridine rings is 1. The van der Waals surface area contributed by atoms with Crippen LogP contribution in [-0.4, -0.2) is 48.2 Å². The Balaban J connectivity index is 1.68. The maximum absolute atomic E-state index is 12.7. The highest BCUT2D eigenvalue weighted by Crippen LogP contribution is 2.38. The van der Waals surface area contributed by atoms with Gasteiger partial charge in [0.05, 0.1) is 12.7 Å². The molecule has 0 bridgehead atoms. The average Bonchev–Trinajstić information content (AvgIpc) is 3.17. The summed E-state index contributed by atoms with van der Waals surface area (Å²) in [6, 6.07) is 3.52. The molecule has 120 valence electrons. The zero-order valence-electron chi connectivity index (χ0n) is 13.4. The number of rotatable bonds is 4. The van der Waals surface area contributed by atoms with Gasteiger partial charge in [0.25, 0.3) is 5.91 Å². The highest BCUT2D eigenvalue weighted by atomic mass is 16.5. The quantitative estimate of drug-likeness (QED) is 0.857. The molecule has 0 saturated carbocycles. The van der Waals surface area contributed by atoms with E-state index in [1.807, 2.05) is 11.8 Å². The van der Waals surface area contributed by atoms with Crippen molar-refractivity contribution >= 4 is 5.91 Å². The molecule has 1 aromatic heterocycles. The highest BCUT2D eigenvalue weighted by molar-refractivity contribution is 5.94. The Morgan fingerprint density at radius 3 is 3.14 bits per heavy atom. The number of likely N-dealkylation sites (tertiary alicyclic amines) is 1. The lowest BCUT2D eigenvalue weighted by Gasteiger charge is -2.22. The lowest BCUT2D eigenvalue weighted by atomic mass is 9.87. The number of aromatic nitrogens is 1. The van der Waals surface area contributed by atoms with E-state index >= 15 is 0 Å². The first-order valence-electron chi connectivity index (χ1n) is 8.12. The monoisotopic (exact) mass is 304 g/mol. The number of carbonyl (C=O) groups is 1. The van der Waals surface area contributed by atoms with Gasteiger partial charge in [-0.2, -0.15) is 0 Å². The van der Waals surface area contributed by atoms with E-state index in [-0.39, 0.29) is 17.4 Å². The SMILES string of the molecule is CC[C@@H](C)Oc1cc(C(=O)N2CC[C@]3(CCOC3)C2)ccn1. The first-order chi connectivity index (χ1) is 10.6. The van der Waals surface area contributed by atoms with Gasteiger partial charge in [0.2, 0.25) is 5.88 Å². The van der Waals surface area contributed by atoms with Gasteiger partial charge in [0, 0.05) is 42.9 Å². The predicted molar refractivity (Wildman–Crippen MR) is 83.0 cm³/mol. The van der Waals surface area contributed by atoms with E-state index in [0.717, 1.165) is 45.6 Å². The van der Waals surface area contributed by atoms with Crippen LogP contribution in [0.1, 0.15) is 43.5 Å². The third-order valence-corrected chi connectivity index (χ3v) is 4.79. The van der Waals surface area contributed by atoms with Crippen molar-refractivity contribution in [1.29, 1.82) is 0 Å². The van der Waals surface area contributed by atoms with Crippen LogP contribution >= 0.6 is 0 Å². The van der Waals surface area contributed by atoms with Gasteiger partial charge in [-0.3, -0.25) is 4.79 Å². The van der Waals surface area contributed by atoms with Gasteiger partial charge in [-0.15, -0.1) is 0 Å². The van der Waals surface area contributed by atoms with Crippen LogP contribution in [0.4, 0.5) is 0 Å². The molecule has 5 nitrogen and oxygen atoms in total. The second kappa shape index (κ2) is 6.24. The Morgan fingerprint density at radius 2 is 2.41 bits per heavy atom. The van der Waals surface area contributed by atoms with Gasteiger partial charge >= 0.3 is 0 Å². The van der Waals surface area contributed by atoms with Gasteiger partial charge in [0.15, 0.2) is 0 Å². The molecular weight excluding hydrogens is 280 g/mol. The predicted octanol–water partition coefficient (Wildman–Crippen LogP) is 2.51. The molecule has 1 amide bonds. The van der Waals surface area contributed by atoms with E-state index in [1.54, 1.807) is 18.3 Å². The molecule has 0 radical (unpaired) electrons. The van der Waals surface area contributed by atoms with Crippen LogP contribution < -0.4 is 4.74 Å². The second-order valence-corrected chi connectivity index (χ2v) is 6.50. The van der Waals surface area contributed by atoms with E-state index < -0.39 is 0 Å². The summed E-state index contributed by atoms with van der Waals surface area (Å²) < 4.78 is 11.2. The first kappa shape index (κ1) is 15.3. The number of hydrogen-bond acceptors (Lipinski definition) is 4. The third kappa shape index (κ3) is 3.09. The topological polar surface area (TPSA) is 51.7 Å². The Hall–Kier alpha value is -1.62. The molecule has 1 aromatic rings. The average molecular weight is 304 g/mol. The summed E-state index contributed by atoms with van der Waals surface area (Å²) in [5.41, 5.74) is 0.850. The van der Waals surface area contributed by atoms with Gasteiger partial charge in [-0.25, -0.2) is 4.98 Å². The van der Waals surface area contributed by atoms with Crippen LogP contribution in [0.2, 0.25) is 0 Å². The third-order valence-electron chi connectivity index (χ3n) is 4.79. The van der Waals surface area contributed by atoms with E-state index in [0.29, 0.717) is 11.4 Å². The van der Waals surface area contributed by atoms with Crippen molar-refractivity contribution in [3.05, 3.63) is 23.9 Å². The fourth-order valence-electron chi connectivity index (χ4n) is 3.16. The van der Waals surface area contributed by atoms with Gasteiger partial charge in [-0.1, -0.05) is 6.92 Å². The molecule has 0 N–H and O–H groups in total. The maximum atomic E-state index is 12.7. The van der Waals surface area contributed by atoms with Crippen molar-refractivity contribution in [2.24, 2.45) is 5.41 Å². The van der Waals surface area contributed by atoms with Crippen LogP contribution in [0.25, 0.3) is 0 Å². The van der Waals surface area contributed by atoms with Crippen molar-refractivity contribution in [1.82, 2.24) is 9.88 Å². The molecule has 0 aliphatic carbocycles. The molecule has 0 unspecified atom stereocenters. The summed E-state index contributed by atoms with van der Waals surface area (Å²) in [6.45, 7) is 7.29. The summed E-state index contributed by atoms with van der Waals surface area (Å²) in [7, 11) is 0. The number of nitrogens with zero attached hydrogens (tertiary/aromatic N) is 2. The molecule has 3 rings (SSSR count). The molecule has 2 aliphatic rings. The highest BCUT2D eigenvalue weighted by Gasteiger charge is 2.42. The fraction of sp³-hybridized carbons (Fsp3) is 0.647. The maximum Gasteiger partial charge on any atom is 0.254 e. The molecule has 2 saturated heterocycles. The van der Waals surface area contributed by atoms with Crippen LogP contribution in [0.15, 0.2) is 18.3 Å². The fourth-order valence-corrected chi connectivity index (χ4v) is 3.16. The van der Waals surface area contributed by atoms with E-state index in [2.05, 4.69) is 11.9 Å². The largest absolute Gasteiger partial charge is 0.475 e. The summed E-state index contributed by atoms with van der Waals surface area (Å²) >= 11 is 0. The summed E-state index contributed by atoms with van der Waals surface area (Å²) in [5, 5.41) is 0. The van der Waals surface area contributed by atoms with E-state index in [4.69, 9.17) is 9.47 Å². The number of ether oxygens (including phenoxy) is 2. The molecule has 2 atom stereocenters. The minimum absolute atomic E-state index is 0.0696. The molecule has 2 fully saturated rings.